The van der Waals surface area contributed by atoms with Crippen LogP contribution in [0, 0.1) is 5.92 Å². The van der Waals surface area contributed by atoms with Gasteiger partial charge in [-0.2, -0.15) is 0 Å². The molecule has 0 saturated heterocycles. The quantitative estimate of drug-likeness (QED) is 0.348. The summed E-state index contributed by atoms with van der Waals surface area (Å²) in [6.07, 6.45) is 11.3. The lowest BCUT2D eigenvalue weighted by Gasteiger charge is -2.33. The molecule has 1 unspecified atom stereocenters. The maximum atomic E-state index is 12.7. The van der Waals surface area contributed by atoms with E-state index < -0.39 is 17.4 Å². The first-order valence-corrected chi connectivity index (χ1v) is 10.4. The van der Waals surface area contributed by atoms with Crippen molar-refractivity contribution in [1.82, 2.24) is 0 Å². The summed E-state index contributed by atoms with van der Waals surface area (Å²) in [4.78, 5) is 24.7. The van der Waals surface area contributed by atoms with Crippen LogP contribution in [0.5, 0.6) is 0 Å². The number of rotatable bonds is 6. The minimum absolute atomic E-state index is 0.145. The second-order valence-electron chi connectivity index (χ2n) is 7.26. The van der Waals surface area contributed by atoms with Crippen LogP contribution in [0.25, 0.3) is 0 Å². The number of ether oxygens (including phenoxy) is 2. The highest BCUT2D eigenvalue weighted by atomic mass is 79.9. The molecule has 2 aliphatic rings. The van der Waals surface area contributed by atoms with E-state index in [1.165, 1.54) is 13.2 Å². The Hall–Kier alpha value is -2.18. The lowest BCUT2D eigenvalue weighted by molar-refractivity contribution is -0.137. The summed E-state index contributed by atoms with van der Waals surface area (Å²) >= 11 is 3.30. The average Bonchev–Trinajstić information content (AvgIpc) is 2.68. The molecule has 0 aromatic rings. The molecule has 29 heavy (non-hydrogen) atoms. The van der Waals surface area contributed by atoms with Crippen LogP contribution in [-0.4, -0.2) is 29.1 Å². The van der Waals surface area contributed by atoms with Crippen LogP contribution >= 0.6 is 15.9 Å². The molecule has 0 spiro atoms. The highest BCUT2D eigenvalue weighted by Gasteiger charge is 2.45. The van der Waals surface area contributed by atoms with Gasteiger partial charge in [0.15, 0.2) is 5.60 Å². The first-order valence-electron chi connectivity index (χ1n) is 9.63. The van der Waals surface area contributed by atoms with Crippen LogP contribution in [0.3, 0.4) is 0 Å². The van der Waals surface area contributed by atoms with E-state index >= 15 is 0 Å². The topological polar surface area (TPSA) is 72.8 Å². The maximum Gasteiger partial charge on any atom is 0.331 e. The zero-order valence-electron chi connectivity index (χ0n) is 17.4. The Labute approximate surface area is 180 Å². The Morgan fingerprint density at radius 1 is 1.41 bits per heavy atom. The van der Waals surface area contributed by atoms with Gasteiger partial charge in [-0.25, -0.2) is 4.79 Å². The largest absolute Gasteiger partial charge is 0.464 e. The van der Waals surface area contributed by atoms with Gasteiger partial charge in [-0.05, 0) is 54.8 Å². The van der Waals surface area contributed by atoms with Crippen LogP contribution in [0.2, 0.25) is 0 Å². The minimum atomic E-state index is -1.87. The van der Waals surface area contributed by atoms with Gasteiger partial charge in [0.2, 0.25) is 5.78 Å². The molecule has 0 fully saturated rings. The van der Waals surface area contributed by atoms with Crippen molar-refractivity contribution >= 4 is 27.7 Å². The minimum Gasteiger partial charge on any atom is -0.464 e. The third-order valence-electron chi connectivity index (χ3n) is 4.83. The predicted octanol–water partition coefficient (Wildman–Crippen LogP) is 4.81. The normalized spacial score (nSPS) is 24.9. The predicted molar refractivity (Wildman–Crippen MR) is 116 cm³/mol. The van der Waals surface area contributed by atoms with Crippen LogP contribution in [0.4, 0.5) is 0 Å². The molecular formula is C23H27BrO5. The van der Waals surface area contributed by atoms with Crippen LogP contribution in [-0.2, 0) is 19.1 Å². The van der Waals surface area contributed by atoms with Crippen molar-refractivity contribution in [3.63, 3.8) is 0 Å². The summed E-state index contributed by atoms with van der Waals surface area (Å²) in [6.45, 7) is 9.54. The fraction of sp³-hybridized carbons (Fsp3) is 0.391. The first kappa shape index (κ1) is 23.1. The number of hydrogen-bond donors (Lipinski definition) is 1. The number of allylic oxidation sites excluding steroid dienone is 6. The fourth-order valence-corrected chi connectivity index (χ4v) is 3.71. The monoisotopic (exact) mass is 462 g/mol. The Bertz CT molecular complexity index is 881. The number of ketones is 1. The molecule has 2 atom stereocenters. The Kier molecular flexibility index (Phi) is 7.60. The first-order chi connectivity index (χ1) is 13.6. The molecule has 1 aliphatic heterocycles. The van der Waals surface area contributed by atoms with E-state index in [-0.39, 0.29) is 16.7 Å². The van der Waals surface area contributed by atoms with Crippen molar-refractivity contribution in [2.45, 2.75) is 46.6 Å². The summed E-state index contributed by atoms with van der Waals surface area (Å²) in [5.41, 5.74) is 0.384. The van der Waals surface area contributed by atoms with E-state index in [0.29, 0.717) is 22.8 Å². The molecule has 2 rings (SSSR count). The van der Waals surface area contributed by atoms with Crippen molar-refractivity contribution in [2.24, 2.45) is 5.92 Å². The van der Waals surface area contributed by atoms with E-state index in [1.54, 1.807) is 13.0 Å². The van der Waals surface area contributed by atoms with Gasteiger partial charge in [0.05, 0.1) is 17.4 Å². The molecule has 5 nitrogen and oxygen atoms in total. The van der Waals surface area contributed by atoms with E-state index in [9.17, 15) is 14.7 Å². The van der Waals surface area contributed by atoms with Gasteiger partial charge in [0, 0.05) is 22.8 Å². The van der Waals surface area contributed by atoms with Crippen LogP contribution in [0.15, 0.2) is 69.2 Å². The molecular weight excluding hydrogens is 436 g/mol. The molecule has 6 heteroatoms. The summed E-state index contributed by atoms with van der Waals surface area (Å²) in [6, 6.07) is 0. The highest BCUT2D eigenvalue weighted by molar-refractivity contribution is 9.12. The molecule has 0 saturated carbocycles. The summed E-state index contributed by atoms with van der Waals surface area (Å²) in [5, 5.41) is 10.8. The van der Waals surface area contributed by atoms with Gasteiger partial charge in [-0.15, -0.1) is 0 Å². The number of carbonyl (C=O) groups excluding carboxylic acids is 2. The zero-order valence-corrected chi connectivity index (χ0v) is 19.0. The van der Waals surface area contributed by atoms with Gasteiger partial charge in [-0.1, -0.05) is 38.0 Å². The fourth-order valence-electron chi connectivity index (χ4n) is 3.00. The van der Waals surface area contributed by atoms with Gasteiger partial charge >= 0.3 is 5.97 Å². The number of aliphatic hydroxyl groups is 1. The number of Topliss-reactive ketones (excluding diaryl/α,β-unsaturated/α-hetero) is 1. The number of hydrogen-bond acceptors (Lipinski definition) is 5. The standard InChI is InChI=1S/C23H27BrO5/c1-6-14(3)10-15(4)8-9-16-11-17-18(13-29-16)19(12-20(25)28-7-2)23(5,27)22(26)21(17)24/h8-14,27H,6-7H2,1-5H3/b9-8+,15-10+,19-12?/t14-,23?/m0/s1. The third-order valence-corrected chi connectivity index (χ3v) is 5.62. The van der Waals surface area contributed by atoms with E-state index in [4.69, 9.17) is 9.47 Å². The van der Waals surface area contributed by atoms with Gasteiger partial charge < -0.3 is 14.6 Å². The van der Waals surface area contributed by atoms with Gasteiger partial charge in [0.1, 0.15) is 5.76 Å². The molecule has 1 N–H and O–H groups in total. The van der Waals surface area contributed by atoms with Crippen molar-refractivity contribution in [3.05, 3.63) is 69.2 Å². The van der Waals surface area contributed by atoms with Crippen molar-refractivity contribution in [3.8, 4) is 0 Å². The molecule has 1 heterocycles. The second-order valence-corrected chi connectivity index (χ2v) is 8.06. The number of carbonyl (C=O) groups is 2. The molecule has 0 bridgehead atoms. The summed E-state index contributed by atoms with van der Waals surface area (Å²) in [5.74, 6) is -0.135. The molecule has 156 valence electrons. The molecule has 0 aromatic heterocycles. The lowest BCUT2D eigenvalue weighted by atomic mass is 9.77. The number of halogens is 1. The van der Waals surface area contributed by atoms with Crippen molar-refractivity contribution in [2.75, 3.05) is 6.61 Å². The molecule has 0 aromatic carbocycles. The average molecular weight is 463 g/mol. The maximum absolute atomic E-state index is 12.7. The van der Waals surface area contributed by atoms with Crippen molar-refractivity contribution < 1.29 is 24.2 Å². The second kappa shape index (κ2) is 9.55. The van der Waals surface area contributed by atoms with Gasteiger partial charge in [0.25, 0.3) is 0 Å². The third kappa shape index (κ3) is 5.25. The molecule has 0 radical (unpaired) electrons. The van der Waals surface area contributed by atoms with E-state index in [0.717, 1.165) is 18.1 Å². The number of fused-ring (bicyclic) bond motifs is 1. The highest BCUT2D eigenvalue weighted by Crippen LogP contribution is 2.43. The molecule has 1 aliphatic carbocycles. The van der Waals surface area contributed by atoms with Gasteiger partial charge in [-0.3, -0.25) is 4.79 Å². The van der Waals surface area contributed by atoms with Crippen molar-refractivity contribution in [1.29, 1.82) is 0 Å². The van der Waals surface area contributed by atoms with Crippen LogP contribution in [0.1, 0.15) is 41.0 Å². The van der Waals surface area contributed by atoms with E-state index in [2.05, 4.69) is 35.9 Å². The Morgan fingerprint density at radius 3 is 2.72 bits per heavy atom. The molecule has 0 amide bonds. The Balaban J connectivity index is 2.42. The number of esters is 1. The smallest absolute Gasteiger partial charge is 0.331 e. The summed E-state index contributed by atoms with van der Waals surface area (Å²) < 4.78 is 10.9. The van der Waals surface area contributed by atoms with E-state index in [1.807, 2.05) is 19.1 Å². The zero-order chi connectivity index (χ0) is 21.8. The van der Waals surface area contributed by atoms with Crippen LogP contribution < -0.4 is 0 Å². The Morgan fingerprint density at radius 2 is 2.10 bits per heavy atom. The summed E-state index contributed by atoms with van der Waals surface area (Å²) in [7, 11) is 0. The lowest BCUT2D eigenvalue weighted by Crippen LogP contribution is -2.42. The SMILES string of the molecule is CCOC(=O)C=C1C2=COC(/C=C/C(C)=C/[C@@H](C)CC)=CC2=C(Br)C(=O)C1(C)O.